The molecule has 2 rings (SSSR count). The van der Waals surface area contributed by atoms with Crippen molar-refractivity contribution < 1.29 is 4.92 Å². The Hall–Kier alpha value is -1.31. The van der Waals surface area contributed by atoms with Crippen LogP contribution in [0.25, 0.3) is 0 Å². The molecule has 2 aromatic rings. The number of rotatable bonds is 6. The monoisotopic (exact) mass is 341 g/mol. The van der Waals surface area contributed by atoms with Crippen LogP contribution in [0.3, 0.4) is 0 Å². The van der Waals surface area contributed by atoms with Gasteiger partial charge in [-0.25, -0.2) is 4.98 Å². The van der Waals surface area contributed by atoms with Crippen LogP contribution < -0.4 is 5.32 Å². The maximum atomic E-state index is 10.9. The quantitative estimate of drug-likeness (QED) is 0.497. The number of nitro benzene ring substituents is 1. The Morgan fingerprint density at radius 1 is 1.47 bits per heavy atom. The van der Waals surface area contributed by atoms with E-state index in [1.807, 2.05) is 5.38 Å². The largest absolute Gasteiger partial charge is 0.312 e. The molecule has 0 aliphatic heterocycles. The van der Waals surface area contributed by atoms with Gasteiger partial charge < -0.3 is 5.32 Å². The lowest BCUT2D eigenvalue weighted by molar-refractivity contribution is -0.385. The first-order chi connectivity index (χ1) is 9.16. The minimum Gasteiger partial charge on any atom is -0.312 e. The SMILES string of the molecule is O=[N+]([O-])c1ccc(Br)cc1CNCCc1cscn1. The third kappa shape index (κ3) is 4.09. The fraction of sp³-hybridized carbons (Fsp3) is 0.250. The highest BCUT2D eigenvalue weighted by Crippen LogP contribution is 2.22. The summed E-state index contributed by atoms with van der Waals surface area (Å²) < 4.78 is 0.842. The van der Waals surface area contributed by atoms with E-state index in [2.05, 4.69) is 26.2 Å². The molecule has 0 aliphatic carbocycles. The van der Waals surface area contributed by atoms with E-state index in [9.17, 15) is 10.1 Å². The Morgan fingerprint density at radius 2 is 2.32 bits per heavy atom. The van der Waals surface area contributed by atoms with E-state index in [4.69, 9.17) is 0 Å². The van der Waals surface area contributed by atoms with Crippen molar-refractivity contribution in [3.05, 3.63) is 54.9 Å². The first-order valence-electron chi connectivity index (χ1n) is 5.67. The number of hydrogen-bond donors (Lipinski definition) is 1. The van der Waals surface area contributed by atoms with Crippen molar-refractivity contribution in [2.75, 3.05) is 6.54 Å². The first-order valence-corrected chi connectivity index (χ1v) is 7.41. The van der Waals surface area contributed by atoms with Gasteiger partial charge in [-0.3, -0.25) is 10.1 Å². The van der Waals surface area contributed by atoms with Gasteiger partial charge in [-0.05, 0) is 12.1 Å². The predicted octanol–water partition coefficient (Wildman–Crippen LogP) is 3.15. The van der Waals surface area contributed by atoms with Gasteiger partial charge in [-0.2, -0.15) is 0 Å². The van der Waals surface area contributed by atoms with Crippen LogP contribution in [0, 0.1) is 10.1 Å². The number of thiazole rings is 1. The van der Waals surface area contributed by atoms with Crippen molar-refractivity contribution in [2.45, 2.75) is 13.0 Å². The Kier molecular flexibility index (Phi) is 5.00. The summed E-state index contributed by atoms with van der Waals surface area (Å²) in [5, 5.41) is 16.1. The van der Waals surface area contributed by atoms with Crippen molar-refractivity contribution in [1.29, 1.82) is 0 Å². The molecular weight excluding hydrogens is 330 g/mol. The van der Waals surface area contributed by atoms with Gasteiger partial charge in [0.25, 0.3) is 5.69 Å². The van der Waals surface area contributed by atoms with E-state index in [0.29, 0.717) is 12.1 Å². The van der Waals surface area contributed by atoms with E-state index >= 15 is 0 Å². The Balaban J connectivity index is 1.91. The molecule has 7 heteroatoms. The van der Waals surface area contributed by atoms with Gasteiger partial charge in [0.15, 0.2) is 0 Å². The number of benzene rings is 1. The third-order valence-electron chi connectivity index (χ3n) is 2.60. The molecule has 1 N–H and O–H groups in total. The zero-order valence-electron chi connectivity index (χ0n) is 10.0. The molecule has 100 valence electrons. The van der Waals surface area contributed by atoms with Crippen LogP contribution in [0.5, 0.6) is 0 Å². The lowest BCUT2D eigenvalue weighted by Gasteiger charge is -2.05. The van der Waals surface area contributed by atoms with Crippen molar-refractivity contribution in [2.24, 2.45) is 0 Å². The van der Waals surface area contributed by atoms with E-state index in [1.165, 1.54) is 6.07 Å². The number of nitrogens with zero attached hydrogens (tertiary/aromatic N) is 2. The number of nitro groups is 1. The second-order valence-electron chi connectivity index (χ2n) is 3.94. The fourth-order valence-corrected chi connectivity index (χ4v) is 2.68. The van der Waals surface area contributed by atoms with Crippen molar-refractivity contribution >= 4 is 33.0 Å². The van der Waals surface area contributed by atoms with Gasteiger partial charge in [0.1, 0.15) is 0 Å². The molecule has 0 spiro atoms. The molecule has 0 aliphatic rings. The lowest BCUT2D eigenvalue weighted by atomic mass is 10.2. The molecule has 0 fully saturated rings. The Morgan fingerprint density at radius 3 is 3.00 bits per heavy atom. The molecule has 0 bridgehead atoms. The summed E-state index contributed by atoms with van der Waals surface area (Å²) in [4.78, 5) is 14.7. The standard InChI is InChI=1S/C12H12BrN3O2S/c13-10-1-2-12(16(17)18)9(5-10)6-14-4-3-11-7-19-8-15-11/h1-2,5,7-8,14H,3-4,6H2. The van der Waals surface area contributed by atoms with E-state index in [0.717, 1.165) is 23.1 Å². The summed E-state index contributed by atoms with van der Waals surface area (Å²) >= 11 is 4.89. The van der Waals surface area contributed by atoms with Gasteiger partial charge in [0.2, 0.25) is 0 Å². The van der Waals surface area contributed by atoms with Crippen LogP contribution in [0.2, 0.25) is 0 Å². The lowest BCUT2D eigenvalue weighted by Crippen LogP contribution is -2.17. The maximum Gasteiger partial charge on any atom is 0.273 e. The number of nitrogens with one attached hydrogen (secondary N) is 1. The van der Waals surface area contributed by atoms with Gasteiger partial charge in [0.05, 0.1) is 16.1 Å². The van der Waals surface area contributed by atoms with Gasteiger partial charge in [-0.1, -0.05) is 15.9 Å². The molecule has 0 atom stereocenters. The van der Waals surface area contributed by atoms with E-state index < -0.39 is 0 Å². The summed E-state index contributed by atoms with van der Waals surface area (Å²) in [6.45, 7) is 1.22. The molecule has 1 aromatic heterocycles. The zero-order valence-corrected chi connectivity index (χ0v) is 12.4. The molecule has 1 heterocycles. The molecule has 0 unspecified atom stereocenters. The molecular formula is C12H12BrN3O2S. The van der Waals surface area contributed by atoms with E-state index in [1.54, 1.807) is 29.0 Å². The fourth-order valence-electron chi connectivity index (χ4n) is 1.67. The molecule has 1 aromatic carbocycles. The highest BCUT2D eigenvalue weighted by Gasteiger charge is 2.13. The summed E-state index contributed by atoms with van der Waals surface area (Å²) in [6.07, 6.45) is 0.825. The minimum atomic E-state index is -0.357. The summed E-state index contributed by atoms with van der Waals surface area (Å²) in [6, 6.07) is 4.96. The summed E-state index contributed by atoms with van der Waals surface area (Å²) in [5.74, 6) is 0. The van der Waals surface area contributed by atoms with E-state index in [-0.39, 0.29) is 10.6 Å². The summed E-state index contributed by atoms with van der Waals surface area (Å²) in [5.41, 5.74) is 3.66. The smallest absolute Gasteiger partial charge is 0.273 e. The minimum absolute atomic E-state index is 0.143. The number of aromatic nitrogens is 1. The second-order valence-corrected chi connectivity index (χ2v) is 5.57. The van der Waals surface area contributed by atoms with Gasteiger partial charge in [-0.15, -0.1) is 11.3 Å². The topological polar surface area (TPSA) is 68.1 Å². The van der Waals surface area contributed by atoms with Crippen LogP contribution in [-0.2, 0) is 13.0 Å². The van der Waals surface area contributed by atoms with Gasteiger partial charge >= 0.3 is 0 Å². The van der Waals surface area contributed by atoms with Crippen LogP contribution in [0.1, 0.15) is 11.3 Å². The van der Waals surface area contributed by atoms with Crippen LogP contribution in [0.15, 0.2) is 33.6 Å². The molecule has 5 nitrogen and oxygen atoms in total. The molecule has 0 saturated carbocycles. The average Bonchev–Trinajstić information content (AvgIpc) is 2.87. The van der Waals surface area contributed by atoms with Crippen LogP contribution >= 0.6 is 27.3 Å². The third-order valence-corrected chi connectivity index (χ3v) is 3.72. The first kappa shape index (κ1) is 14.1. The van der Waals surface area contributed by atoms with Crippen molar-refractivity contribution in [3.8, 4) is 0 Å². The zero-order chi connectivity index (χ0) is 13.7. The second kappa shape index (κ2) is 6.74. The maximum absolute atomic E-state index is 10.9. The molecule has 0 amide bonds. The van der Waals surface area contributed by atoms with Crippen molar-refractivity contribution in [3.63, 3.8) is 0 Å². The molecule has 0 radical (unpaired) electrons. The van der Waals surface area contributed by atoms with Crippen LogP contribution in [-0.4, -0.2) is 16.5 Å². The predicted molar refractivity (Wildman–Crippen MR) is 78.3 cm³/mol. The molecule has 19 heavy (non-hydrogen) atoms. The molecule has 0 saturated heterocycles. The van der Waals surface area contributed by atoms with Gasteiger partial charge in [0, 0.05) is 41.0 Å². The number of halogens is 1. The Labute approximate surface area is 123 Å². The highest BCUT2D eigenvalue weighted by atomic mass is 79.9. The highest BCUT2D eigenvalue weighted by molar-refractivity contribution is 9.10. The number of hydrogen-bond acceptors (Lipinski definition) is 5. The van der Waals surface area contributed by atoms with Crippen LogP contribution in [0.4, 0.5) is 5.69 Å². The summed E-state index contributed by atoms with van der Waals surface area (Å²) in [7, 11) is 0. The Bertz CT molecular complexity index is 560. The average molecular weight is 342 g/mol. The van der Waals surface area contributed by atoms with Crippen molar-refractivity contribution in [1.82, 2.24) is 10.3 Å². The normalized spacial score (nSPS) is 10.6.